The van der Waals surface area contributed by atoms with Gasteiger partial charge in [0.05, 0.1) is 12.1 Å². The van der Waals surface area contributed by atoms with Gasteiger partial charge in [-0.3, -0.25) is 0 Å². The number of rotatable bonds is 2. The molecular weight excluding hydrogens is 196 g/mol. The number of hydrogen-bond acceptors (Lipinski definition) is 1. The minimum Gasteiger partial charge on any atom is -0.450 e. The summed E-state index contributed by atoms with van der Waals surface area (Å²) in [5.41, 5.74) is 0. The predicted octanol–water partition coefficient (Wildman–Crippen LogP) is 2.16. The third kappa shape index (κ3) is 5.72. The lowest BCUT2D eigenvalue weighted by molar-refractivity contribution is -0.715. The van der Waals surface area contributed by atoms with Crippen molar-refractivity contribution in [3.05, 3.63) is 18.7 Å². The van der Waals surface area contributed by atoms with Crippen molar-refractivity contribution in [2.45, 2.75) is 39.8 Å². The number of imidazole rings is 1. The normalized spacial score (nSPS) is 10.0. The number of carboxylic acid groups (broad SMARTS) is 2. The van der Waals surface area contributed by atoms with Crippen LogP contribution in [0.2, 0.25) is 0 Å². The lowest BCUT2D eigenvalue weighted by Crippen LogP contribution is -2.33. The van der Waals surface area contributed by atoms with E-state index in [4.69, 9.17) is 15.0 Å². The van der Waals surface area contributed by atoms with Crippen LogP contribution in [0.4, 0.5) is 4.79 Å². The van der Waals surface area contributed by atoms with Crippen molar-refractivity contribution in [3.8, 4) is 0 Å². The maximum Gasteiger partial charge on any atom is 0.503 e. The molecule has 1 rings (SSSR count). The van der Waals surface area contributed by atoms with E-state index in [9.17, 15) is 0 Å². The van der Waals surface area contributed by atoms with E-state index in [0.717, 1.165) is 0 Å². The van der Waals surface area contributed by atoms with E-state index in [-0.39, 0.29) is 0 Å². The number of aromatic nitrogens is 2. The molecule has 0 aliphatic rings. The molecule has 1 heterocycles. The molecule has 0 atom stereocenters. The van der Waals surface area contributed by atoms with Crippen LogP contribution in [-0.4, -0.2) is 20.9 Å². The lowest BCUT2D eigenvalue weighted by atomic mass is 10.4. The average molecular weight is 215 g/mol. The minimum absolute atomic E-state index is 0.565. The molecule has 0 saturated heterocycles. The van der Waals surface area contributed by atoms with Crippen molar-refractivity contribution < 1.29 is 19.6 Å². The maximum atomic E-state index is 8.56. The Morgan fingerprint density at radius 3 is 1.93 bits per heavy atom. The highest BCUT2D eigenvalue weighted by atomic mass is 16.6. The molecule has 5 nitrogen and oxygen atoms in total. The zero-order chi connectivity index (χ0) is 12.0. The summed E-state index contributed by atoms with van der Waals surface area (Å²) in [5.74, 6) is 0. The second-order valence-corrected chi connectivity index (χ2v) is 3.78. The Morgan fingerprint density at radius 2 is 1.73 bits per heavy atom. The van der Waals surface area contributed by atoms with E-state index >= 15 is 0 Å². The molecule has 0 radical (unpaired) electrons. The summed E-state index contributed by atoms with van der Waals surface area (Å²) < 4.78 is 4.42. The van der Waals surface area contributed by atoms with Crippen molar-refractivity contribution in [2.24, 2.45) is 0 Å². The predicted molar refractivity (Wildman–Crippen MR) is 56.1 cm³/mol. The molecule has 0 aliphatic heterocycles. The molecule has 2 N–H and O–H groups in total. The highest BCUT2D eigenvalue weighted by Crippen LogP contribution is 2.01. The maximum absolute atomic E-state index is 8.56. The first-order chi connectivity index (χ1) is 6.84. The topological polar surface area (TPSA) is 66.3 Å². The Labute approximate surface area is 89.6 Å². The van der Waals surface area contributed by atoms with E-state index in [1.165, 1.54) is 0 Å². The summed E-state index contributed by atoms with van der Waals surface area (Å²) in [5, 5.41) is 13.9. The van der Waals surface area contributed by atoms with Crippen molar-refractivity contribution in [2.75, 3.05) is 0 Å². The number of hydrogen-bond donors (Lipinski definition) is 2. The van der Waals surface area contributed by atoms with Gasteiger partial charge in [0.1, 0.15) is 12.4 Å². The molecule has 1 aromatic rings. The van der Waals surface area contributed by atoms with E-state index in [1.54, 1.807) is 0 Å². The van der Waals surface area contributed by atoms with Gasteiger partial charge >= 0.3 is 6.16 Å². The van der Waals surface area contributed by atoms with Crippen LogP contribution >= 0.6 is 0 Å². The molecule has 0 fully saturated rings. The van der Waals surface area contributed by atoms with Gasteiger partial charge in [-0.2, -0.15) is 0 Å². The molecule has 0 spiro atoms. The first kappa shape index (κ1) is 13.5. The summed E-state index contributed by atoms with van der Waals surface area (Å²) in [7, 11) is 0. The van der Waals surface area contributed by atoms with Crippen molar-refractivity contribution in [1.82, 2.24) is 4.57 Å². The molecule has 86 valence electrons. The van der Waals surface area contributed by atoms with Crippen LogP contribution in [0.5, 0.6) is 0 Å². The first-order valence-electron chi connectivity index (χ1n) is 4.84. The minimum atomic E-state index is -1.83. The highest BCUT2D eigenvalue weighted by Gasteiger charge is 2.08. The molecule has 0 amide bonds. The van der Waals surface area contributed by atoms with Crippen LogP contribution in [0.25, 0.3) is 0 Å². The molecule has 15 heavy (non-hydrogen) atoms. The van der Waals surface area contributed by atoms with Gasteiger partial charge in [-0.05, 0) is 27.7 Å². The van der Waals surface area contributed by atoms with Crippen LogP contribution < -0.4 is 4.57 Å². The van der Waals surface area contributed by atoms with Gasteiger partial charge in [0.2, 0.25) is 6.33 Å². The van der Waals surface area contributed by atoms with Crippen LogP contribution in [0.15, 0.2) is 18.7 Å². The summed E-state index contributed by atoms with van der Waals surface area (Å²) in [4.78, 5) is 8.56. The fourth-order valence-corrected chi connectivity index (χ4v) is 0.996. The third-order valence-corrected chi connectivity index (χ3v) is 1.87. The van der Waals surface area contributed by atoms with Crippen LogP contribution in [0, 0.1) is 0 Å². The van der Waals surface area contributed by atoms with Gasteiger partial charge in [-0.15, -0.1) is 0 Å². The molecule has 0 saturated carbocycles. The molecule has 0 aliphatic carbocycles. The van der Waals surface area contributed by atoms with Crippen LogP contribution in [0.1, 0.15) is 39.8 Å². The monoisotopic (exact) mass is 215 g/mol. The summed E-state index contributed by atoms with van der Waals surface area (Å²) in [6.45, 7) is 8.74. The Balaban J connectivity index is 0.000000423. The Hall–Kier alpha value is -1.52. The van der Waals surface area contributed by atoms with Crippen LogP contribution in [-0.2, 0) is 0 Å². The Kier molecular flexibility index (Phi) is 5.44. The molecule has 0 aromatic carbocycles. The van der Waals surface area contributed by atoms with Gasteiger partial charge < -0.3 is 10.2 Å². The van der Waals surface area contributed by atoms with E-state index in [1.807, 2.05) is 0 Å². The SMILES string of the molecule is CC(C)n1cc[n+](C(C)C)c1.O=C(O)O. The van der Waals surface area contributed by atoms with Gasteiger partial charge in [-0.1, -0.05) is 0 Å². The Morgan fingerprint density at radius 1 is 1.27 bits per heavy atom. The summed E-state index contributed by atoms with van der Waals surface area (Å²) in [6.07, 6.45) is 4.55. The summed E-state index contributed by atoms with van der Waals surface area (Å²) in [6, 6.07) is 1.13. The average Bonchev–Trinajstić information content (AvgIpc) is 2.49. The second-order valence-electron chi connectivity index (χ2n) is 3.78. The zero-order valence-electron chi connectivity index (χ0n) is 9.58. The van der Waals surface area contributed by atoms with Gasteiger partial charge in [0.25, 0.3) is 0 Å². The fraction of sp³-hybridized carbons (Fsp3) is 0.600. The molecule has 0 bridgehead atoms. The number of nitrogens with zero attached hydrogens (tertiary/aromatic N) is 2. The zero-order valence-corrected chi connectivity index (χ0v) is 9.58. The largest absolute Gasteiger partial charge is 0.503 e. The Bertz CT molecular complexity index is 279. The molecule has 1 aromatic heterocycles. The van der Waals surface area contributed by atoms with E-state index in [2.05, 4.69) is 55.6 Å². The first-order valence-corrected chi connectivity index (χ1v) is 4.84. The van der Waals surface area contributed by atoms with Gasteiger partial charge in [0.15, 0.2) is 0 Å². The molecular formula is C10H19N2O3+. The third-order valence-electron chi connectivity index (χ3n) is 1.87. The summed E-state index contributed by atoms with van der Waals surface area (Å²) >= 11 is 0. The van der Waals surface area contributed by atoms with Crippen molar-refractivity contribution >= 4 is 6.16 Å². The second kappa shape index (κ2) is 6.06. The van der Waals surface area contributed by atoms with Crippen molar-refractivity contribution in [1.29, 1.82) is 0 Å². The molecule has 5 heteroatoms. The standard InChI is InChI=1S/C9H17N2.CH2O3/c1-8(2)10-5-6-11(7-10)9(3)4;2-1(3)4/h5-9H,1-4H3;(H2,2,3,4)/q+1;. The fourth-order valence-electron chi connectivity index (χ4n) is 0.996. The van der Waals surface area contributed by atoms with E-state index in [0.29, 0.717) is 12.1 Å². The lowest BCUT2D eigenvalue weighted by Gasteiger charge is -1.99. The van der Waals surface area contributed by atoms with Gasteiger partial charge in [0, 0.05) is 0 Å². The quantitative estimate of drug-likeness (QED) is 0.743. The number of carbonyl (C=O) groups is 1. The van der Waals surface area contributed by atoms with Gasteiger partial charge in [-0.25, -0.2) is 13.9 Å². The van der Waals surface area contributed by atoms with E-state index < -0.39 is 6.16 Å². The molecule has 0 unspecified atom stereocenters. The van der Waals surface area contributed by atoms with Crippen LogP contribution in [0.3, 0.4) is 0 Å². The van der Waals surface area contributed by atoms with Crippen molar-refractivity contribution in [3.63, 3.8) is 0 Å². The smallest absolute Gasteiger partial charge is 0.450 e. The highest BCUT2D eigenvalue weighted by molar-refractivity contribution is 5.53.